The van der Waals surface area contributed by atoms with Crippen LogP contribution >= 0.6 is 0 Å². The molecule has 1 unspecified atom stereocenters. The molecule has 1 aromatic carbocycles. The summed E-state index contributed by atoms with van der Waals surface area (Å²) >= 11 is 0. The summed E-state index contributed by atoms with van der Waals surface area (Å²) in [5, 5.41) is 16.0. The number of carboxylic acid groups (broad SMARTS) is 1. The fourth-order valence-corrected chi connectivity index (χ4v) is 3.09. The van der Waals surface area contributed by atoms with Crippen molar-refractivity contribution in [2.45, 2.75) is 25.9 Å². The van der Waals surface area contributed by atoms with Gasteiger partial charge in [0.25, 0.3) is 0 Å². The number of hydrogen-bond donors (Lipinski definition) is 1. The monoisotopic (exact) mass is 357 g/mol. The molecule has 1 aromatic heterocycles. The molecule has 9 nitrogen and oxygen atoms in total. The number of carbonyl (C=O) groups is 3. The first-order valence-corrected chi connectivity index (χ1v) is 8.30. The Labute approximate surface area is 149 Å². The number of carbonyl (C=O) groups excluding carboxylic acids is 2. The van der Waals surface area contributed by atoms with E-state index in [0.717, 1.165) is 5.69 Å². The van der Waals surface area contributed by atoms with E-state index in [4.69, 9.17) is 5.11 Å². The van der Waals surface area contributed by atoms with Crippen LogP contribution in [0.15, 0.2) is 36.5 Å². The van der Waals surface area contributed by atoms with Gasteiger partial charge >= 0.3 is 5.97 Å². The Morgan fingerprint density at radius 3 is 2.65 bits per heavy atom. The number of anilines is 1. The van der Waals surface area contributed by atoms with E-state index in [0.29, 0.717) is 19.5 Å². The molecule has 1 N–H and O–H groups in total. The summed E-state index contributed by atoms with van der Waals surface area (Å²) in [6.07, 6.45) is 1.74. The van der Waals surface area contributed by atoms with Crippen molar-refractivity contribution in [1.29, 1.82) is 0 Å². The van der Waals surface area contributed by atoms with E-state index in [2.05, 4.69) is 10.3 Å². The molecule has 9 heteroatoms. The van der Waals surface area contributed by atoms with Gasteiger partial charge in [-0.1, -0.05) is 23.4 Å². The number of aromatic nitrogens is 3. The lowest BCUT2D eigenvalue weighted by molar-refractivity contribution is -0.138. The Morgan fingerprint density at radius 1 is 1.31 bits per heavy atom. The van der Waals surface area contributed by atoms with E-state index in [1.54, 1.807) is 11.8 Å². The minimum Gasteiger partial charge on any atom is -0.476 e. The summed E-state index contributed by atoms with van der Waals surface area (Å²) in [5.41, 5.74) is 0.582. The first-order valence-electron chi connectivity index (χ1n) is 8.30. The molecular weight excluding hydrogens is 338 g/mol. The van der Waals surface area contributed by atoms with Crippen LogP contribution in [0.5, 0.6) is 0 Å². The zero-order valence-corrected chi connectivity index (χ0v) is 14.3. The van der Waals surface area contributed by atoms with E-state index in [1.165, 1.54) is 15.8 Å². The second-order valence-corrected chi connectivity index (χ2v) is 5.92. The highest BCUT2D eigenvalue weighted by Crippen LogP contribution is 2.24. The zero-order chi connectivity index (χ0) is 18.7. The van der Waals surface area contributed by atoms with Crippen molar-refractivity contribution in [2.24, 2.45) is 0 Å². The summed E-state index contributed by atoms with van der Waals surface area (Å²) in [7, 11) is 0. The van der Waals surface area contributed by atoms with E-state index >= 15 is 0 Å². The van der Waals surface area contributed by atoms with Crippen LogP contribution in [0.1, 0.15) is 23.8 Å². The molecule has 2 amide bonds. The topological polar surface area (TPSA) is 109 Å². The molecule has 0 radical (unpaired) electrons. The van der Waals surface area contributed by atoms with Crippen molar-refractivity contribution in [1.82, 2.24) is 19.9 Å². The molecule has 1 fully saturated rings. The van der Waals surface area contributed by atoms with Crippen molar-refractivity contribution in [3.8, 4) is 0 Å². The minimum atomic E-state index is -1.21. The highest BCUT2D eigenvalue weighted by Gasteiger charge is 2.38. The fraction of sp³-hybridized carbons (Fsp3) is 0.353. The number of nitrogens with zero attached hydrogens (tertiary/aromatic N) is 5. The lowest BCUT2D eigenvalue weighted by Gasteiger charge is -2.27. The number of benzene rings is 1. The molecule has 3 rings (SSSR count). The van der Waals surface area contributed by atoms with Crippen LogP contribution in [-0.2, 0) is 16.1 Å². The van der Waals surface area contributed by atoms with E-state index in [9.17, 15) is 14.4 Å². The molecule has 2 heterocycles. The molecule has 1 aliphatic rings. The normalized spacial score (nSPS) is 16.7. The van der Waals surface area contributed by atoms with Crippen LogP contribution in [0.2, 0.25) is 0 Å². The highest BCUT2D eigenvalue weighted by molar-refractivity contribution is 6.01. The van der Waals surface area contributed by atoms with Gasteiger partial charge in [-0.3, -0.25) is 9.59 Å². The third kappa shape index (κ3) is 3.41. The van der Waals surface area contributed by atoms with Gasteiger partial charge < -0.3 is 14.9 Å². The SMILES string of the molecule is CCN(C(=O)Cn1cc(C(=O)O)nn1)C1CCN(c2ccccc2)C1=O. The first kappa shape index (κ1) is 17.6. The van der Waals surface area contributed by atoms with Crippen molar-refractivity contribution >= 4 is 23.5 Å². The van der Waals surface area contributed by atoms with E-state index < -0.39 is 12.0 Å². The fourth-order valence-electron chi connectivity index (χ4n) is 3.09. The van der Waals surface area contributed by atoms with Crippen molar-refractivity contribution in [3.63, 3.8) is 0 Å². The lowest BCUT2D eigenvalue weighted by atomic mass is 10.2. The number of hydrogen-bond acceptors (Lipinski definition) is 5. The van der Waals surface area contributed by atoms with Crippen molar-refractivity contribution < 1.29 is 19.5 Å². The molecule has 1 aliphatic heterocycles. The van der Waals surface area contributed by atoms with Crippen LogP contribution in [0, 0.1) is 0 Å². The second kappa shape index (κ2) is 7.34. The second-order valence-electron chi connectivity index (χ2n) is 5.92. The third-order valence-electron chi connectivity index (χ3n) is 4.34. The molecule has 0 bridgehead atoms. The third-order valence-corrected chi connectivity index (χ3v) is 4.34. The van der Waals surface area contributed by atoms with Crippen molar-refractivity contribution in [3.05, 3.63) is 42.2 Å². The van der Waals surface area contributed by atoms with E-state index in [-0.39, 0.29) is 24.1 Å². The lowest BCUT2D eigenvalue weighted by Crippen LogP contribution is -2.46. The molecule has 0 saturated carbocycles. The Hall–Kier alpha value is -3.23. The summed E-state index contributed by atoms with van der Waals surface area (Å²) in [6, 6.07) is 8.80. The molecule has 1 saturated heterocycles. The predicted octanol–water partition coefficient (Wildman–Crippen LogP) is 0.630. The van der Waals surface area contributed by atoms with Gasteiger partial charge in [-0.05, 0) is 25.5 Å². The van der Waals surface area contributed by atoms with Gasteiger partial charge in [-0.25, -0.2) is 9.48 Å². The Morgan fingerprint density at radius 2 is 2.04 bits per heavy atom. The van der Waals surface area contributed by atoms with Gasteiger partial charge in [0.05, 0.1) is 6.20 Å². The Kier molecular flexibility index (Phi) is 4.97. The maximum absolute atomic E-state index is 12.8. The summed E-state index contributed by atoms with van der Waals surface area (Å²) < 4.78 is 1.17. The Bertz CT molecular complexity index is 820. The van der Waals surface area contributed by atoms with Crippen LogP contribution in [0.3, 0.4) is 0 Å². The molecule has 136 valence electrons. The predicted molar refractivity (Wildman–Crippen MR) is 91.6 cm³/mol. The molecule has 1 atom stereocenters. The quantitative estimate of drug-likeness (QED) is 0.812. The van der Waals surface area contributed by atoms with Gasteiger partial charge in [0.15, 0.2) is 5.69 Å². The summed E-state index contributed by atoms with van der Waals surface area (Å²) in [5.74, 6) is -1.63. The number of likely N-dealkylation sites (N-methyl/N-ethyl adjacent to an activating group) is 1. The minimum absolute atomic E-state index is 0.115. The zero-order valence-electron chi connectivity index (χ0n) is 14.3. The van der Waals surface area contributed by atoms with Gasteiger partial charge in [-0.15, -0.1) is 5.10 Å². The van der Waals surface area contributed by atoms with Crippen LogP contribution in [-0.4, -0.2) is 61.9 Å². The maximum atomic E-state index is 12.8. The van der Waals surface area contributed by atoms with Gasteiger partial charge in [0.1, 0.15) is 12.6 Å². The maximum Gasteiger partial charge on any atom is 0.358 e. The van der Waals surface area contributed by atoms with E-state index in [1.807, 2.05) is 30.3 Å². The first-order chi connectivity index (χ1) is 12.5. The summed E-state index contributed by atoms with van der Waals surface area (Å²) in [4.78, 5) is 39.4. The molecule has 0 aliphatic carbocycles. The van der Waals surface area contributed by atoms with Crippen LogP contribution < -0.4 is 4.90 Å². The molecule has 2 aromatic rings. The smallest absolute Gasteiger partial charge is 0.358 e. The average molecular weight is 357 g/mol. The number of carboxylic acids is 1. The van der Waals surface area contributed by atoms with Crippen LogP contribution in [0.25, 0.3) is 0 Å². The molecule has 26 heavy (non-hydrogen) atoms. The largest absolute Gasteiger partial charge is 0.476 e. The number of rotatable bonds is 6. The number of para-hydroxylation sites is 1. The molecule has 0 spiro atoms. The highest BCUT2D eigenvalue weighted by atomic mass is 16.4. The average Bonchev–Trinajstić information content (AvgIpc) is 3.24. The molecular formula is C17H19N5O4. The number of aromatic carboxylic acids is 1. The standard InChI is InChI=1S/C17H19N5O4/c1-2-21(15(23)11-20-10-13(17(25)26)18-19-20)14-8-9-22(16(14)24)12-6-4-3-5-7-12/h3-7,10,14H,2,8-9,11H2,1H3,(H,25,26). The van der Waals surface area contributed by atoms with Gasteiger partial charge in [0.2, 0.25) is 11.8 Å². The van der Waals surface area contributed by atoms with Gasteiger partial charge in [0, 0.05) is 18.8 Å². The number of amides is 2. The van der Waals surface area contributed by atoms with Gasteiger partial charge in [-0.2, -0.15) is 0 Å². The summed E-state index contributed by atoms with van der Waals surface area (Å²) in [6.45, 7) is 2.56. The Balaban J connectivity index is 1.71. The van der Waals surface area contributed by atoms with Crippen LogP contribution in [0.4, 0.5) is 5.69 Å². The van der Waals surface area contributed by atoms with Crippen molar-refractivity contribution in [2.75, 3.05) is 18.0 Å².